The summed E-state index contributed by atoms with van der Waals surface area (Å²) in [4.78, 5) is 7.49. The topological polar surface area (TPSA) is 42.2 Å². The molecule has 5 heteroatoms. The van der Waals surface area contributed by atoms with Crippen LogP contribution >= 0.6 is 27.3 Å². The van der Waals surface area contributed by atoms with E-state index in [9.17, 15) is 0 Å². The molecule has 2 rings (SSSR count). The van der Waals surface area contributed by atoms with Crippen molar-refractivity contribution in [3.8, 4) is 0 Å². The molecule has 84 valence electrons. The quantitative estimate of drug-likeness (QED) is 0.946. The summed E-state index contributed by atoms with van der Waals surface area (Å²) in [7, 11) is 2.00. The smallest absolute Gasteiger partial charge is 0.189 e. The van der Waals surface area contributed by atoms with E-state index < -0.39 is 0 Å². The zero-order valence-electron chi connectivity index (χ0n) is 8.85. The summed E-state index contributed by atoms with van der Waals surface area (Å²) < 4.78 is 1.06. The lowest BCUT2D eigenvalue weighted by atomic mass is 10.3. The molecule has 0 atom stereocenters. The Morgan fingerprint density at radius 1 is 1.44 bits per heavy atom. The van der Waals surface area contributed by atoms with E-state index in [0.717, 1.165) is 20.2 Å². The van der Waals surface area contributed by atoms with Crippen LogP contribution in [0.2, 0.25) is 0 Å². The summed E-state index contributed by atoms with van der Waals surface area (Å²) in [6.45, 7) is 0.543. The Morgan fingerprint density at radius 3 is 2.81 bits per heavy atom. The highest BCUT2D eigenvalue weighted by Crippen LogP contribution is 2.32. The average molecular weight is 298 g/mol. The van der Waals surface area contributed by atoms with Gasteiger partial charge in [-0.05, 0) is 28.1 Å². The van der Waals surface area contributed by atoms with Crippen LogP contribution in [0.5, 0.6) is 0 Å². The van der Waals surface area contributed by atoms with Crippen LogP contribution in [0.3, 0.4) is 0 Å². The third-order valence-electron chi connectivity index (χ3n) is 2.24. The molecular weight excluding hydrogens is 286 g/mol. The number of aromatic nitrogens is 1. The van der Waals surface area contributed by atoms with Crippen molar-refractivity contribution in [2.24, 2.45) is 5.73 Å². The minimum Gasteiger partial charge on any atom is -0.326 e. The summed E-state index contributed by atoms with van der Waals surface area (Å²) in [5.74, 6) is 0. The van der Waals surface area contributed by atoms with Crippen LogP contribution in [-0.4, -0.2) is 12.0 Å². The molecule has 0 saturated carbocycles. The second-order valence-corrected chi connectivity index (χ2v) is 5.27. The molecule has 1 aromatic carbocycles. The molecule has 1 aromatic heterocycles. The van der Waals surface area contributed by atoms with E-state index in [2.05, 4.69) is 20.9 Å². The lowest BCUT2D eigenvalue weighted by Crippen LogP contribution is -2.09. The summed E-state index contributed by atoms with van der Waals surface area (Å²) in [6.07, 6.45) is 1.83. The lowest BCUT2D eigenvalue weighted by molar-refractivity contribution is 1.09. The molecule has 0 bridgehead atoms. The van der Waals surface area contributed by atoms with Crippen LogP contribution in [-0.2, 0) is 6.54 Å². The van der Waals surface area contributed by atoms with Gasteiger partial charge in [-0.15, -0.1) is 11.3 Å². The van der Waals surface area contributed by atoms with Crippen molar-refractivity contribution < 1.29 is 0 Å². The van der Waals surface area contributed by atoms with E-state index >= 15 is 0 Å². The Bertz CT molecular complexity index is 484. The van der Waals surface area contributed by atoms with Crippen molar-refractivity contribution in [3.63, 3.8) is 0 Å². The van der Waals surface area contributed by atoms with Gasteiger partial charge in [0.2, 0.25) is 0 Å². The predicted octanol–water partition coefficient (Wildman–Crippen LogP) is 3.13. The van der Waals surface area contributed by atoms with Gasteiger partial charge >= 0.3 is 0 Å². The van der Waals surface area contributed by atoms with Crippen LogP contribution in [0.4, 0.5) is 10.8 Å². The molecule has 1 heterocycles. The molecule has 0 unspecified atom stereocenters. The van der Waals surface area contributed by atoms with Gasteiger partial charge in [-0.3, -0.25) is 0 Å². The number of halogens is 1. The number of anilines is 2. The van der Waals surface area contributed by atoms with Crippen LogP contribution in [0.25, 0.3) is 0 Å². The number of hydrogen-bond acceptors (Lipinski definition) is 4. The Kier molecular flexibility index (Phi) is 3.58. The first-order valence-electron chi connectivity index (χ1n) is 4.85. The van der Waals surface area contributed by atoms with E-state index in [1.807, 2.05) is 42.4 Å². The van der Waals surface area contributed by atoms with E-state index in [-0.39, 0.29) is 0 Å². The standard InChI is InChI=1S/C11H12BrN3S/c1-15(10-5-3-2-4-9(10)12)11-14-7-8(6-13)16-11/h2-5,7H,6,13H2,1H3. The first-order valence-corrected chi connectivity index (χ1v) is 6.46. The third-order valence-corrected chi connectivity index (χ3v) is 4.01. The largest absolute Gasteiger partial charge is 0.326 e. The Balaban J connectivity index is 2.31. The van der Waals surface area contributed by atoms with Crippen molar-refractivity contribution in [1.29, 1.82) is 0 Å². The van der Waals surface area contributed by atoms with Gasteiger partial charge in [0.25, 0.3) is 0 Å². The number of thiazole rings is 1. The SMILES string of the molecule is CN(c1ncc(CN)s1)c1ccccc1Br. The van der Waals surface area contributed by atoms with Crippen molar-refractivity contribution in [1.82, 2.24) is 4.98 Å². The highest BCUT2D eigenvalue weighted by atomic mass is 79.9. The first-order chi connectivity index (χ1) is 7.72. The summed E-state index contributed by atoms with van der Waals surface area (Å²) in [5.41, 5.74) is 6.67. The van der Waals surface area contributed by atoms with Gasteiger partial charge in [-0.25, -0.2) is 4.98 Å². The Morgan fingerprint density at radius 2 is 2.19 bits per heavy atom. The number of nitrogens with two attached hydrogens (primary N) is 1. The van der Waals surface area contributed by atoms with Gasteiger partial charge in [0.1, 0.15) is 0 Å². The summed E-state index contributed by atoms with van der Waals surface area (Å²) >= 11 is 5.14. The van der Waals surface area contributed by atoms with Crippen molar-refractivity contribution in [2.45, 2.75) is 6.54 Å². The highest BCUT2D eigenvalue weighted by molar-refractivity contribution is 9.10. The van der Waals surface area contributed by atoms with Crippen LogP contribution in [0.1, 0.15) is 4.88 Å². The zero-order chi connectivity index (χ0) is 11.5. The molecule has 2 aromatic rings. The fourth-order valence-electron chi connectivity index (χ4n) is 1.37. The number of hydrogen-bond donors (Lipinski definition) is 1. The first kappa shape index (κ1) is 11.6. The van der Waals surface area contributed by atoms with Gasteiger partial charge in [0.05, 0.1) is 5.69 Å². The maximum Gasteiger partial charge on any atom is 0.189 e. The molecule has 0 fully saturated rings. The second kappa shape index (κ2) is 4.95. The molecule has 0 spiro atoms. The van der Waals surface area contributed by atoms with Gasteiger partial charge < -0.3 is 10.6 Å². The van der Waals surface area contributed by atoms with E-state index in [1.165, 1.54) is 0 Å². The maximum absolute atomic E-state index is 5.57. The predicted molar refractivity (Wildman–Crippen MR) is 72.2 cm³/mol. The molecular formula is C11H12BrN3S. The van der Waals surface area contributed by atoms with Crippen LogP contribution in [0.15, 0.2) is 34.9 Å². The van der Waals surface area contributed by atoms with E-state index in [4.69, 9.17) is 5.73 Å². The third kappa shape index (κ3) is 2.26. The number of rotatable bonds is 3. The molecule has 0 amide bonds. The monoisotopic (exact) mass is 297 g/mol. The number of benzene rings is 1. The summed E-state index contributed by atoms with van der Waals surface area (Å²) in [6, 6.07) is 8.07. The minimum atomic E-state index is 0.543. The minimum absolute atomic E-state index is 0.543. The Hall–Kier alpha value is -0.910. The summed E-state index contributed by atoms with van der Waals surface area (Å²) in [5, 5.41) is 0.951. The zero-order valence-corrected chi connectivity index (χ0v) is 11.3. The number of nitrogens with zero attached hydrogens (tertiary/aromatic N) is 2. The van der Waals surface area contributed by atoms with E-state index in [0.29, 0.717) is 6.54 Å². The fourth-order valence-corrected chi connectivity index (χ4v) is 2.69. The van der Waals surface area contributed by atoms with Gasteiger partial charge in [0.15, 0.2) is 5.13 Å². The molecule has 2 N–H and O–H groups in total. The molecule has 0 radical (unpaired) electrons. The molecule has 0 saturated heterocycles. The van der Waals surface area contributed by atoms with E-state index in [1.54, 1.807) is 11.3 Å². The van der Waals surface area contributed by atoms with Gasteiger partial charge in [0, 0.05) is 29.1 Å². The highest BCUT2D eigenvalue weighted by Gasteiger charge is 2.10. The lowest BCUT2D eigenvalue weighted by Gasteiger charge is -2.17. The number of para-hydroxylation sites is 1. The maximum atomic E-state index is 5.57. The van der Waals surface area contributed by atoms with Gasteiger partial charge in [-0.2, -0.15) is 0 Å². The van der Waals surface area contributed by atoms with Crippen molar-refractivity contribution in [3.05, 3.63) is 39.8 Å². The molecule has 3 nitrogen and oxygen atoms in total. The van der Waals surface area contributed by atoms with Crippen LogP contribution in [0, 0.1) is 0 Å². The molecule has 0 aliphatic rings. The van der Waals surface area contributed by atoms with Crippen molar-refractivity contribution >= 4 is 38.1 Å². The fraction of sp³-hybridized carbons (Fsp3) is 0.182. The second-order valence-electron chi connectivity index (χ2n) is 3.32. The molecule has 0 aliphatic heterocycles. The van der Waals surface area contributed by atoms with Crippen LogP contribution < -0.4 is 10.6 Å². The molecule has 0 aliphatic carbocycles. The molecule has 16 heavy (non-hydrogen) atoms. The Labute approximate surface area is 107 Å². The van der Waals surface area contributed by atoms with Crippen molar-refractivity contribution in [2.75, 3.05) is 11.9 Å². The average Bonchev–Trinajstić information content (AvgIpc) is 2.77. The normalized spacial score (nSPS) is 10.4. The van der Waals surface area contributed by atoms with Gasteiger partial charge in [-0.1, -0.05) is 12.1 Å².